The highest BCUT2D eigenvalue weighted by Crippen LogP contribution is 2.27. The van der Waals surface area contributed by atoms with Gasteiger partial charge >= 0.3 is 11.8 Å². The van der Waals surface area contributed by atoms with Crippen LogP contribution in [0.1, 0.15) is 22.3 Å². The molecule has 0 heterocycles. The van der Waals surface area contributed by atoms with Crippen molar-refractivity contribution in [3.8, 4) is 11.5 Å². The number of hydrogen-bond acceptors (Lipinski definition) is 4. The maximum Gasteiger partial charge on any atom is 0.314 e. The smallest absolute Gasteiger partial charge is 0.314 e. The first-order valence-corrected chi connectivity index (χ1v) is 8.19. The van der Waals surface area contributed by atoms with Crippen molar-refractivity contribution in [3.05, 3.63) is 46.5 Å². The predicted octanol–water partition coefficient (Wildman–Crippen LogP) is 3.51. The van der Waals surface area contributed by atoms with E-state index in [0.29, 0.717) is 22.9 Å². The summed E-state index contributed by atoms with van der Waals surface area (Å²) in [5.41, 5.74) is 4.49. The summed E-state index contributed by atoms with van der Waals surface area (Å²) in [5, 5.41) is 5.36. The van der Waals surface area contributed by atoms with Crippen molar-refractivity contribution in [3.63, 3.8) is 0 Å². The highest BCUT2D eigenvalue weighted by Gasteiger charge is 2.18. The molecule has 2 aromatic carbocycles. The molecule has 26 heavy (non-hydrogen) atoms. The molecule has 0 aliphatic carbocycles. The second kappa shape index (κ2) is 7.91. The zero-order valence-electron chi connectivity index (χ0n) is 15.9. The zero-order valence-corrected chi connectivity index (χ0v) is 15.9. The molecule has 0 atom stereocenters. The number of anilines is 2. The fourth-order valence-corrected chi connectivity index (χ4v) is 2.82. The summed E-state index contributed by atoms with van der Waals surface area (Å²) in [5.74, 6) is -0.0502. The van der Waals surface area contributed by atoms with Crippen LogP contribution in [0, 0.1) is 27.7 Å². The van der Waals surface area contributed by atoms with Gasteiger partial charge in [-0.2, -0.15) is 0 Å². The first-order valence-electron chi connectivity index (χ1n) is 8.19. The number of amides is 2. The Morgan fingerprint density at radius 2 is 0.923 bits per heavy atom. The topological polar surface area (TPSA) is 76.7 Å². The largest absolute Gasteiger partial charge is 0.497 e. The van der Waals surface area contributed by atoms with E-state index in [1.807, 2.05) is 27.7 Å². The van der Waals surface area contributed by atoms with Gasteiger partial charge in [0.15, 0.2) is 0 Å². The molecule has 0 spiro atoms. The van der Waals surface area contributed by atoms with Crippen LogP contribution in [0.25, 0.3) is 0 Å². The third-order valence-corrected chi connectivity index (χ3v) is 4.17. The molecule has 0 saturated heterocycles. The summed E-state index contributed by atoms with van der Waals surface area (Å²) in [7, 11) is 3.17. The quantitative estimate of drug-likeness (QED) is 0.822. The molecule has 2 N–H and O–H groups in total. The van der Waals surface area contributed by atoms with Crippen LogP contribution in [0.2, 0.25) is 0 Å². The predicted molar refractivity (Wildman–Crippen MR) is 102 cm³/mol. The highest BCUT2D eigenvalue weighted by molar-refractivity contribution is 6.44. The number of nitrogens with one attached hydrogen (secondary N) is 2. The summed E-state index contributed by atoms with van der Waals surface area (Å²) in [6.07, 6.45) is 0. The van der Waals surface area contributed by atoms with Gasteiger partial charge in [-0.05, 0) is 74.2 Å². The fourth-order valence-electron chi connectivity index (χ4n) is 2.82. The fraction of sp³-hybridized carbons (Fsp3) is 0.300. The number of hydrogen-bond donors (Lipinski definition) is 2. The van der Waals surface area contributed by atoms with Gasteiger partial charge in [-0.15, -0.1) is 0 Å². The van der Waals surface area contributed by atoms with Gasteiger partial charge in [0.25, 0.3) is 0 Å². The zero-order chi connectivity index (χ0) is 19.4. The Balaban J connectivity index is 2.18. The Bertz CT molecular complexity index is 741. The minimum Gasteiger partial charge on any atom is -0.497 e. The molecular formula is C20H24N2O4. The van der Waals surface area contributed by atoms with Crippen molar-refractivity contribution in [1.29, 1.82) is 0 Å². The Morgan fingerprint density at radius 1 is 0.654 bits per heavy atom. The molecule has 0 fully saturated rings. The van der Waals surface area contributed by atoms with Gasteiger partial charge in [-0.3, -0.25) is 9.59 Å². The van der Waals surface area contributed by atoms with Gasteiger partial charge < -0.3 is 20.1 Å². The van der Waals surface area contributed by atoms with E-state index in [1.54, 1.807) is 38.5 Å². The van der Waals surface area contributed by atoms with E-state index in [4.69, 9.17) is 9.47 Å². The van der Waals surface area contributed by atoms with Crippen LogP contribution in [-0.4, -0.2) is 26.0 Å². The average molecular weight is 356 g/mol. The second-order valence-corrected chi connectivity index (χ2v) is 6.18. The standard InChI is InChI=1S/C20H24N2O4/c1-11-7-15(25-5)8-12(2)17(11)21-19(23)20(24)22-18-13(3)9-16(26-6)10-14(18)4/h7-10H,1-6H3,(H,21,23)(H,22,24). The normalized spacial score (nSPS) is 10.2. The molecule has 138 valence electrons. The van der Waals surface area contributed by atoms with Crippen molar-refractivity contribution in [1.82, 2.24) is 0 Å². The Labute approximate surface area is 153 Å². The molecule has 6 nitrogen and oxygen atoms in total. The summed E-state index contributed by atoms with van der Waals surface area (Å²) < 4.78 is 10.4. The molecule has 0 aromatic heterocycles. The van der Waals surface area contributed by atoms with Gasteiger partial charge in [0.2, 0.25) is 0 Å². The number of carbonyl (C=O) groups is 2. The lowest BCUT2D eigenvalue weighted by atomic mass is 10.1. The number of carbonyl (C=O) groups excluding carboxylic acids is 2. The van der Waals surface area contributed by atoms with Crippen LogP contribution < -0.4 is 20.1 Å². The van der Waals surface area contributed by atoms with Gasteiger partial charge in [-0.1, -0.05) is 0 Å². The molecule has 0 bridgehead atoms. The maximum atomic E-state index is 12.3. The number of benzene rings is 2. The number of ether oxygens (including phenoxy) is 2. The lowest BCUT2D eigenvalue weighted by Crippen LogP contribution is -2.30. The summed E-state index contributed by atoms with van der Waals surface area (Å²) in [4.78, 5) is 24.7. The van der Waals surface area contributed by atoms with Gasteiger partial charge in [0, 0.05) is 11.4 Å². The minimum atomic E-state index is -0.726. The lowest BCUT2D eigenvalue weighted by Gasteiger charge is -2.15. The Kier molecular flexibility index (Phi) is 5.87. The number of aryl methyl sites for hydroxylation is 4. The van der Waals surface area contributed by atoms with Crippen LogP contribution in [0.5, 0.6) is 11.5 Å². The van der Waals surface area contributed by atoms with Crippen LogP contribution in [0.4, 0.5) is 11.4 Å². The Morgan fingerprint density at radius 3 is 1.15 bits per heavy atom. The van der Waals surface area contributed by atoms with E-state index in [0.717, 1.165) is 22.3 Å². The maximum absolute atomic E-state index is 12.3. The molecule has 2 rings (SSSR count). The van der Waals surface area contributed by atoms with Crippen LogP contribution in [0.3, 0.4) is 0 Å². The number of rotatable bonds is 4. The monoisotopic (exact) mass is 356 g/mol. The lowest BCUT2D eigenvalue weighted by molar-refractivity contribution is -0.133. The van der Waals surface area contributed by atoms with E-state index >= 15 is 0 Å². The molecule has 2 amide bonds. The molecule has 0 radical (unpaired) electrons. The van der Waals surface area contributed by atoms with Gasteiger partial charge in [-0.25, -0.2) is 0 Å². The van der Waals surface area contributed by atoms with Gasteiger partial charge in [0.1, 0.15) is 11.5 Å². The van der Waals surface area contributed by atoms with E-state index in [9.17, 15) is 9.59 Å². The molecule has 6 heteroatoms. The Hall–Kier alpha value is -3.02. The van der Waals surface area contributed by atoms with Crippen molar-refractivity contribution in [2.45, 2.75) is 27.7 Å². The molecule has 0 aliphatic heterocycles. The summed E-state index contributed by atoms with van der Waals surface area (Å²) >= 11 is 0. The van der Waals surface area contributed by atoms with Crippen molar-refractivity contribution in [2.24, 2.45) is 0 Å². The van der Waals surface area contributed by atoms with E-state index in [1.165, 1.54) is 0 Å². The van der Waals surface area contributed by atoms with E-state index in [2.05, 4.69) is 10.6 Å². The van der Waals surface area contributed by atoms with Crippen LogP contribution in [-0.2, 0) is 9.59 Å². The first kappa shape index (κ1) is 19.3. The third kappa shape index (κ3) is 4.14. The second-order valence-electron chi connectivity index (χ2n) is 6.18. The summed E-state index contributed by atoms with van der Waals surface area (Å²) in [6, 6.07) is 7.22. The molecular weight excluding hydrogens is 332 g/mol. The molecule has 0 saturated carbocycles. The van der Waals surface area contributed by atoms with Crippen molar-refractivity contribution < 1.29 is 19.1 Å². The SMILES string of the molecule is COc1cc(C)c(NC(=O)C(=O)Nc2c(C)cc(OC)cc2C)c(C)c1. The van der Waals surface area contributed by atoms with Crippen molar-refractivity contribution >= 4 is 23.2 Å². The van der Waals surface area contributed by atoms with Gasteiger partial charge in [0.05, 0.1) is 14.2 Å². The minimum absolute atomic E-state index is 0.606. The van der Waals surface area contributed by atoms with E-state index in [-0.39, 0.29) is 0 Å². The first-order chi connectivity index (χ1) is 12.3. The van der Waals surface area contributed by atoms with Crippen molar-refractivity contribution in [2.75, 3.05) is 24.9 Å². The molecule has 2 aromatic rings. The highest BCUT2D eigenvalue weighted by atomic mass is 16.5. The van der Waals surface area contributed by atoms with E-state index < -0.39 is 11.8 Å². The van der Waals surface area contributed by atoms with Crippen LogP contribution in [0.15, 0.2) is 24.3 Å². The molecule has 0 aliphatic rings. The number of methoxy groups -OCH3 is 2. The van der Waals surface area contributed by atoms with Crippen LogP contribution >= 0.6 is 0 Å². The third-order valence-electron chi connectivity index (χ3n) is 4.17. The molecule has 0 unspecified atom stereocenters. The average Bonchev–Trinajstić information content (AvgIpc) is 2.60. The summed E-state index contributed by atoms with van der Waals surface area (Å²) in [6.45, 7) is 7.39.